The van der Waals surface area contributed by atoms with Crippen LogP contribution in [0.1, 0.15) is 48.2 Å². The summed E-state index contributed by atoms with van der Waals surface area (Å²) >= 11 is 1.90. The van der Waals surface area contributed by atoms with Crippen LogP contribution in [0.3, 0.4) is 0 Å². The summed E-state index contributed by atoms with van der Waals surface area (Å²) in [7, 11) is 0. The van der Waals surface area contributed by atoms with E-state index in [2.05, 4.69) is 55.3 Å². The standard InChI is InChI=1S/C15H20N2S/c1-4-14-5-6-15(18-14)12(3)17-11(2)13-7-9-16-10-8-13/h5-12,17H,4H2,1-3H3/t11-,12?/m0/s1. The smallest absolute Gasteiger partial charge is 0.0391 e. The number of pyridine rings is 1. The van der Waals surface area contributed by atoms with Crippen LogP contribution in [0.5, 0.6) is 0 Å². The van der Waals surface area contributed by atoms with E-state index in [1.165, 1.54) is 15.3 Å². The van der Waals surface area contributed by atoms with E-state index >= 15 is 0 Å². The summed E-state index contributed by atoms with van der Waals surface area (Å²) in [6.45, 7) is 6.62. The Balaban J connectivity index is 2.01. The minimum atomic E-state index is 0.343. The average molecular weight is 260 g/mol. The third kappa shape index (κ3) is 3.18. The molecule has 18 heavy (non-hydrogen) atoms. The Kier molecular flexibility index (Phi) is 4.50. The quantitative estimate of drug-likeness (QED) is 0.875. The Morgan fingerprint density at radius 2 is 1.83 bits per heavy atom. The topological polar surface area (TPSA) is 24.9 Å². The van der Waals surface area contributed by atoms with Crippen LogP contribution in [0.25, 0.3) is 0 Å². The molecule has 2 atom stereocenters. The van der Waals surface area contributed by atoms with Gasteiger partial charge >= 0.3 is 0 Å². The lowest BCUT2D eigenvalue weighted by Gasteiger charge is -2.19. The molecule has 2 aromatic rings. The summed E-state index contributed by atoms with van der Waals surface area (Å²) < 4.78 is 0. The number of thiophene rings is 1. The molecule has 0 saturated heterocycles. The van der Waals surface area contributed by atoms with Gasteiger partial charge in [-0.1, -0.05) is 6.92 Å². The first-order chi connectivity index (χ1) is 8.70. The molecular formula is C15H20N2S. The molecule has 0 aliphatic heterocycles. The number of hydrogen-bond acceptors (Lipinski definition) is 3. The van der Waals surface area contributed by atoms with Gasteiger partial charge in [-0.3, -0.25) is 4.98 Å². The Labute approximate surface area is 113 Å². The normalized spacial score (nSPS) is 14.4. The lowest BCUT2D eigenvalue weighted by atomic mass is 10.1. The summed E-state index contributed by atoms with van der Waals surface area (Å²) in [5, 5.41) is 3.63. The highest BCUT2D eigenvalue weighted by Crippen LogP contribution is 2.25. The molecule has 2 nitrogen and oxygen atoms in total. The minimum absolute atomic E-state index is 0.343. The lowest BCUT2D eigenvalue weighted by Crippen LogP contribution is -2.21. The second-order valence-electron chi connectivity index (χ2n) is 4.55. The van der Waals surface area contributed by atoms with Gasteiger partial charge < -0.3 is 5.32 Å². The molecule has 0 aliphatic carbocycles. The lowest BCUT2D eigenvalue weighted by molar-refractivity contribution is 0.500. The van der Waals surface area contributed by atoms with Crippen molar-refractivity contribution in [2.45, 2.75) is 39.3 Å². The largest absolute Gasteiger partial charge is 0.303 e. The second kappa shape index (κ2) is 6.12. The van der Waals surface area contributed by atoms with Crippen LogP contribution in [-0.2, 0) is 6.42 Å². The third-order valence-corrected chi connectivity index (χ3v) is 4.58. The molecule has 1 unspecified atom stereocenters. The van der Waals surface area contributed by atoms with Crippen molar-refractivity contribution < 1.29 is 0 Å². The van der Waals surface area contributed by atoms with E-state index in [4.69, 9.17) is 0 Å². The van der Waals surface area contributed by atoms with E-state index in [0.717, 1.165) is 6.42 Å². The van der Waals surface area contributed by atoms with Crippen molar-refractivity contribution in [2.24, 2.45) is 0 Å². The predicted octanol–water partition coefficient (Wildman–Crippen LogP) is 4.12. The summed E-state index contributed by atoms with van der Waals surface area (Å²) in [6.07, 6.45) is 4.81. The molecule has 2 aromatic heterocycles. The molecule has 0 spiro atoms. The van der Waals surface area contributed by atoms with Gasteiger partial charge in [0.05, 0.1) is 0 Å². The van der Waals surface area contributed by atoms with Crippen molar-refractivity contribution in [1.29, 1.82) is 0 Å². The first-order valence-corrected chi connectivity index (χ1v) is 7.27. The fourth-order valence-electron chi connectivity index (χ4n) is 2.02. The molecular weight excluding hydrogens is 240 g/mol. The summed E-state index contributed by atoms with van der Waals surface area (Å²) in [6, 6.07) is 9.33. The Hall–Kier alpha value is -1.19. The van der Waals surface area contributed by atoms with Gasteiger partial charge in [0, 0.05) is 34.2 Å². The van der Waals surface area contributed by atoms with Gasteiger partial charge in [-0.25, -0.2) is 0 Å². The van der Waals surface area contributed by atoms with Gasteiger partial charge in [0.2, 0.25) is 0 Å². The van der Waals surface area contributed by atoms with E-state index in [0.29, 0.717) is 12.1 Å². The summed E-state index contributed by atoms with van der Waals surface area (Å²) in [5.74, 6) is 0. The summed E-state index contributed by atoms with van der Waals surface area (Å²) in [4.78, 5) is 6.92. The fourth-order valence-corrected chi connectivity index (χ4v) is 2.99. The zero-order valence-corrected chi connectivity index (χ0v) is 12.0. The molecule has 96 valence electrons. The summed E-state index contributed by atoms with van der Waals surface area (Å²) in [5.41, 5.74) is 1.28. The maximum Gasteiger partial charge on any atom is 0.0391 e. The Morgan fingerprint density at radius 3 is 2.44 bits per heavy atom. The molecule has 0 aliphatic rings. The van der Waals surface area contributed by atoms with Crippen molar-refractivity contribution in [3.05, 3.63) is 52.0 Å². The van der Waals surface area contributed by atoms with Crippen LogP contribution in [0.2, 0.25) is 0 Å². The molecule has 2 rings (SSSR count). The first-order valence-electron chi connectivity index (χ1n) is 6.45. The molecule has 0 saturated carbocycles. The molecule has 2 heterocycles. The molecule has 0 fully saturated rings. The number of rotatable bonds is 5. The van der Waals surface area contributed by atoms with Crippen molar-refractivity contribution in [3.8, 4) is 0 Å². The van der Waals surface area contributed by atoms with E-state index < -0.39 is 0 Å². The zero-order chi connectivity index (χ0) is 13.0. The monoisotopic (exact) mass is 260 g/mol. The third-order valence-electron chi connectivity index (χ3n) is 3.16. The highest BCUT2D eigenvalue weighted by Gasteiger charge is 2.12. The van der Waals surface area contributed by atoms with E-state index in [1.54, 1.807) is 0 Å². The van der Waals surface area contributed by atoms with Crippen molar-refractivity contribution in [1.82, 2.24) is 10.3 Å². The van der Waals surface area contributed by atoms with Crippen molar-refractivity contribution >= 4 is 11.3 Å². The van der Waals surface area contributed by atoms with Gasteiger partial charge in [-0.05, 0) is 50.1 Å². The van der Waals surface area contributed by atoms with Crippen LogP contribution in [0, 0.1) is 0 Å². The van der Waals surface area contributed by atoms with Crippen molar-refractivity contribution in [2.75, 3.05) is 0 Å². The Morgan fingerprint density at radius 1 is 1.11 bits per heavy atom. The molecule has 0 bridgehead atoms. The first kappa shape index (κ1) is 13.2. The fraction of sp³-hybridized carbons (Fsp3) is 0.400. The molecule has 3 heteroatoms. The highest BCUT2D eigenvalue weighted by molar-refractivity contribution is 7.12. The van der Waals surface area contributed by atoms with Gasteiger partial charge in [0.25, 0.3) is 0 Å². The van der Waals surface area contributed by atoms with Crippen LogP contribution in [0.15, 0.2) is 36.7 Å². The number of nitrogens with one attached hydrogen (secondary N) is 1. The minimum Gasteiger partial charge on any atom is -0.303 e. The van der Waals surface area contributed by atoms with Crippen molar-refractivity contribution in [3.63, 3.8) is 0 Å². The van der Waals surface area contributed by atoms with E-state index in [1.807, 2.05) is 23.7 Å². The van der Waals surface area contributed by atoms with Gasteiger partial charge in [0.1, 0.15) is 0 Å². The van der Waals surface area contributed by atoms with Crippen LogP contribution >= 0.6 is 11.3 Å². The number of hydrogen-bond donors (Lipinski definition) is 1. The highest BCUT2D eigenvalue weighted by atomic mass is 32.1. The second-order valence-corrected chi connectivity index (χ2v) is 5.75. The van der Waals surface area contributed by atoms with Gasteiger partial charge in [0.15, 0.2) is 0 Å². The molecule has 1 N–H and O–H groups in total. The SMILES string of the molecule is CCc1ccc(C(C)N[C@@H](C)c2ccncc2)s1. The molecule has 0 aromatic carbocycles. The molecule has 0 amide bonds. The zero-order valence-electron chi connectivity index (χ0n) is 11.2. The molecule has 0 radical (unpaired) electrons. The maximum absolute atomic E-state index is 4.05. The number of aromatic nitrogens is 1. The number of nitrogens with zero attached hydrogens (tertiary/aromatic N) is 1. The van der Waals surface area contributed by atoms with Crippen LogP contribution in [-0.4, -0.2) is 4.98 Å². The maximum atomic E-state index is 4.05. The number of aryl methyl sites for hydroxylation is 1. The van der Waals surface area contributed by atoms with Crippen LogP contribution in [0.4, 0.5) is 0 Å². The Bertz CT molecular complexity index is 478. The van der Waals surface area contributed by atoms with E-state index in [9.17, 15) is 0 Å². The predicted molar refractivity (Wildman–Crippen MR) is 77.9 cm³/mol. The average Bonchev–Trinajstić information content (AvgIpc) is 2.88. The van der Waals surface area contributed by atoms with E-state index in [-0.39, 0.29) is 0 Å². The van der Waals surface area contributed by atoms with Gasteiger partial charge in [-0.2, -0.15) is 0 Å². The van der Waals surface area contributed by atoms with Crippen LogP contribution < -0.4 is 5.32 Å². The van der Waals surface area contributed by atoms with Gasteiger partial charge in [-0.15, -0.1) is 11.3 Å².